The zero-order valence-electron chi connectivity index (χ0n) is 14.1. The summed E-state index contributed by atoms with van der Waals surface area (Å²) < 4.78 is 3.81. The van der Waals surface area contributed by atoms with Crippen LogP contribution in [0.5, 0.6) is 0 Å². The van der Waals surface area contributed by atoms with Gasteiger partial charge in [-0.25, -0.2) is 9.38 Å². The van der Waals surface area contributed by atoms with Crippen molar-refractivity contribution >= 4 is 28.4 Å². The maximum Gasteiger partial charge on any atom is 0.259 e. The van der Waals surface area contributed by atoms with E-state index in [2.05, 4.69) is 18.4 Å². The highest BCUT2D eigenvalue weighted by Crippen LogP contribution is 2.21. The molecule has 0 N–H and O–H groups in total. The number of rotatable bonds is 3. The van der Waals surface area contributed by atoms with Crippen LogP contribution < -0.4 is 5.56 Å². The Morgan fingerprint density at radius 2 is 1.80 bits per heavy atom. The molecule has 0 aliphatic rings. The molecule has 25 heavy (non-hydrogen) atoms. The fraction of sp³-hybridized carbons (Fsp3) is 0.200. The van der Waals surface area contributed by atoms with Crippen LogP contribution in [0.15, 0.2) is 59.4 Å². The van der Waals surface area contributed by atoms with Gasteiger partial charge in [0.05, 0.1) is 17.6 Å². The number of para-hydroxylation sites is 2. The molecule has 2 heterocycles. The van der Waals surface area contributed by atoms with Crippen molar-refractivity contribution in [3.05, 3.63) is 81.2 Å². The Bertz CT molecular complexity index is 1120. The van der Waals surface area contributed by atoms with E-state index >= 15 is 0 Å². The molecule has 0 saturated carbocycles. The largest absolute Gasteiger partial charge is 0.310 e. The second kappa shape index (κ2) is 6.05. The van der Waals surface area contributed by atoms with E-state index in [-0.39, 0.29) is 11.5 Å². The minimum absolute atomic E-state index is 0.0419. The van der Waals surface area contributed by atoms with Gasteiger partial charge in [-0.2, -0.15) is 0 Å². The molecule has 0 amide bonds. The SMILES string of the molecule is CC(C)c1cc(=O)n2c3ccccc3nc2n1Cc1ccc(Cl)cc1. The fourth-order valence-corrected chi connectivity index (χ4v) is 3.33. The molecule has 0 aliphatic carbocycles. The zero-order chi connectivity index (χ0) is 17.6. The topological polar surface area (TPSA) is 39.3 Å². The molecule has 2 aromatic carbocycles. The number of benzene rings is 2. The van der Waals surface area contributed by atoms with E-state index in [1.54, 1.807) is 10.5 Å². The lowest BCUT2D eigenvalue weighted by Crippen LogP contribution is -2.21. The van der Waals surface area contributed by atoms with Crippen molar-refractivity contribution in [3.8, 4) is 0 Å². The van der Waals surface area contributed by atoms with E-state index in [1.807, 2.05) is 48.5 Å². The number of halogens is 1. The summed E-state index contributed by atoms with van der Waals surface area (Å²) in [6, 6.07) is 17.2. The first-order valence-electron chi connectivity index (χ1n) is 8.30. The molecule has 0 saturated heterocycles. The number of aromatic nitrogens is 3. The van der Waals surface area contributed by atoms with Crippen LogP contribution >= 0.6 is 11.6 Å². The average Bonchev–Trinajstić information content (AvgIpc) is 2.99. The Morgan fingerprint density at radius 1 is 1.08 bits per heavy atom. The van der Waals surface area contributed by atoms with Gasteiger partial charge in [0.1, 0.15) is 0 Å². The summed E-state index contributed by atoms with van der Waals surface area (Å²) in [6.45, 7) is 4.82. The zero-order valence-corrected chi connectivity index (χ0v) is 14.9. The van der Waals surface area contributed by atoms with E-state index < -0.39 is 0 Å². The molecule has 0 aliphatic heterocycles. The van der Waals surface area contributed by atoms with Gasteiger partial charge in [0.25, 0.3) is 5.56 Å². The normalized spacial score (nSPS) is 11.7. The predicted molar refractivity (Wildman–Crippen MR) is 102 cm³/mol. The predicted octanol–water partition coefficient (Wildman–Crippen LogP) is 4.47. The molecular formula is C20H18ClN3O. The lowest BCUT2D eigenvalue weighted by Gasteiger charge is -2.17. The Hall–Kier alpha value is -2.59. The van der Waals surface area contributed by atoms with Crippen LogP contribution in [-0.2, 0) is 6.54 Å². The summed E-state index contributed by atoms with van der Waals surface area (Å²) >= 11 is 6.00. The van der Waals surface area contributed by atoms with Gasteiger partial charge in [-0.3, -0.25) is 4.79 Å². The summed E-state index contributed by atoms with van der Waals surface area (Å²) in [5.74, 6) is 0.886. The van der Waals surface area contributed by atoms with Crippen LogP contribution in [0.1, 0.15) is 31.0 Å². The lowest BCUT2D eigenvalue weighted by molar-refractivity contribution is 0.675. The van der Waals surface area contributed by atoms with Crippen molar-refractivity contribution < 1.29 is 0 Å². The van der Waals surface area contributed by atoms with Gasteiger partial charge < -0.3 is 4.57 Å². The standard InChI is InChI=1S/C20H18ClN3O/c1-13(2)18-11-19(25)24-17-6-4-3-5-16(17)22-20(24)23(18)12-14-7-9-15(21)10-8-14/h3-11,13H,12H2,1-2H3. The van der Waals surface area contributed by atoms with Crippen LogP contribution in [0.4, 0.5) is 0 Å². The van der Waals surface area contributed by atoms with E-state index in [1.165, 1.54) is 0 Å². The molecule has 0 fully saturated rings. The van der Waals surface area contributed by atoms with E-state index in [0.29, 0.717) is 17.3 Å². The van der Waals surface area contributed by atoms with Crippen molar-refractivity contribution in [2.24, 2.45) is 0 Å². The third kappa shape index (κ3) is 2.72. The molecule has 5 heteroatoms. The number of imidazole rings is 1. The molecule has 4 rings (SSSR count). The molecule has 4 nitrogen and oxygen atoms in total. The Kier molecular flexibility index (Phi) is 3.85. The van der Waals surface area contributed by atoms with Gasteiger partial charge in [-0.05, 0) is 35.7 Å². The van der Waals surface area contributed by atoms with Gasteiger partial charge in [0.15, 0.2) is 0 Å². The van der Waals surface area contributed by atoms with Gasteiger partial charge in [0.2, 0.25) is 5.78 Å². The van der Waals surface area contributed by atoms with Gasteiger partial charge in [0, 0.05) is 16.8 Å². The Balaban J connectivity index is 2.02. The lowest BCUT2D eigenvalue weighted by atomic mass is 10.1. The Labute approximate surface area is 150 Å². The average molecular weight is 352 g/mol. The second-order valence-electron chi connectivity index (χ2n) is 6.51. The van der Waals surface area contributed by atoms with E-state index in [0.717, 1.165) is 22.3 Å². The van der Waals surface area contributed by atoms with E-state index in [9.17, 15) is 4.79 Å². The third-order valence-electron chi connectivity index (χ3n) is 4.43. The third-order valence-corrected chi connectivity index (χ3v) is 4.69. The highest BCUT2D eigenvalue weighted by molar-refractivity contribution is 6.30. The van der Waals surface area contributed by atoms with Crippen molar-refractivity contribution in [1.29, 1.82) is 0 Å². The van der Waals surface area contributed by atoms with Gasteiger partial charge in [-0.1, -0.05) is 49.7 Å². The molecule has 2 aromatic heterocycles. The number of hydrogen-bond acceptors (Lipinski definition) is 2. The van der Waals surface area contributed by atoms with Crippen LogP contribution in [0.3, 0.4) is 0 Å². The quantitative estimate of drug-likeness (QED) is 0.546. The minimum atomic E-state index is -0.0419. The first-order valence-corrected chi connectivity index (χ1v) is 8.68. The molecular weight excluding hydrogens is 334 g/mol. The van der Waals surface area contributed by atoms with Crippen molar-refractivity contribution in [1.82, 2.24) is 14.0 Å². The molecule has 0 unspecified atom stereocenters. The molecule has 126 valence electrons. The Morgan fingerprint density at radius 3 is 2.52 bits per heavy atom. The highest BCUT2D eigenvalue weighted by atomic mass is 35.5. The summed E-state index contributed by atoms with van der Waals surface area (Å²) in [6.07, 6.45) is 0. The highest BCUT2D eigenvalue weighted by Gasteiger charge is 2.16. The fourth-order valence-electron chi connectivity index (χ4n) is 3.21. The smallest absolute Gasteiger partial charge is 0.259 e. The summed E-state index contributed by atoms with van der Waals surface area (Å²) in [5, 5.41) is 0.712. The first-order chi connectivity index (χ1) is 12.0. The summed E-state index contributed by atoms with van der Waals surface area (Å²) in [7, 11) is 0. The summed E-state index contributed by atoms with van der Waals surface area (Å²) in [5.41, 5.74) is 3.71. The maximum absolute atomic E-state index is 12.7. The molecule has 0 atom stereocenters. The van der Waals surface area contributed by atoms with E-state index in [4.69, 9.17) is 16.6 Å². The second-order valence-corrected chi connectivity index (χ2v) is 6.95. The van der Waals surface area contributed by atoms with Crippen molar-refractivity contribution in [2.45, 2.75) is 26.3 Å². The van der Waals surface area contributed by atoms with Crippen LogP contribution in [-0.4, -0.2) is 14.0 Å². The molecule has 0 bridgehead atoms. The number of fused-ring (bicyclic) bond motifs is 3. The molecule has 0 radical (unpaired) electrons. The number of hydrogen-bond donors (Lipinski definition) is 0. The van der Waals surface area contributed by atoms with Gasteiger partial charge in [-0.15, -0.1) is 0 Å². The van der Waals surface area contributed by atoms with Gasteiger partial charge >= 0.3 is 0 Å². The van der Waals surface area contributed by atoms with Crippen molar-refractivity contribution in [2.75, 3.05) is 0 Å². The number of nitrogens with zero attached hydrogens (tertiary/aromatic N) is 3. The molecule has 4 aromatic rings. The first kappa shape index (κ1) is 15.9. The van der Waals surface area contributed by atoms with Crippen molar-refractivity contribution in [3.63, 3.8) is 0 Å². The monoisotopic (exact) mass is 351 g/mol. The van der Waals surface area contributed by atoms with Crippen LogP contribution in [0.2, 0.25) is 5.02 Å². The molecule has 0 spiro atoms. The minimum Gasteiger partial charge on any atom is -0.310 e. The van der Waals surface area contributed by atoms with Crippen LogP contribution in [0.25, 0.3) is 16.8 Å². The van der Waals surface area contributed by atoms with Crippen LogP contribution in [0, 0.1) is 0 Å². The summed E-state index contributed by atoms with van der Waals surface area (Å²) in [4.78, 5) is 17.5. The maximum atomic E-state index is 12.7.